The molecular weight excluding hydrogens is 389 g/mol. The van der Waals surface area contributed by atoms with Gasteiger partial charge in [-0.15, -0.1) is 0 Å². The summed E-state index contributed by atoms with van der Waals surface area (Å²) in [5.41, 5.74) is -4.63. The fraction of sp³-hybridized carbons (Fsp3) is 0.647. The van der Waals surface area contributed by atoms with Gasteiger partial charge in [-0.25, -0.2) is 0 Å². The van der Waals surface area contributed by atoms with E-state index in [9.17, 15) is 21.6 Å². The first-order chi connectivity index (χ1) is 12.6. The number of methoxy groups -OCH3 is 1. The number of hydrogen-bond donors (Lipinski definition) is 0. The first-order valence-electron chi connectivity index (χ1n) is 8.36. The molecule has 2 rings (SSSR count). The van der Waals surface area contributed by atoms with E-state index in [1.807, 2.05) is 44.2 Å². The average molecular weight is 412 g/mol. The number of alkyl halides is 3. The van der Waals surface area contributed by atoms with E-state index in [-0.39, 0.29) is 18.4 Å². The molecule has 27 heavy (non-hydrogen) atoms. The van der Waals surface area contributed by atoms with Crippen molar-refractivity contribution in [3.8, 4) is 0 Å². The van der Waals surface area contributed by atoms with Gasteiger partial charge < -0.3 is 14.2 Å². The molecule has 0 saturated carbocycles. The van der Waals surface area contributed by atoms with E-state index in [4.69, 9.17) is 14.2 Å². The minimum atomic E-state index is -5.72. The molecule has 1 fully saturated rings. The lowest BCUT2D eigenvalue weighted by atomic mass is 9.84. The lowest BCUT2D eigenvalue weighted by Gasteiger charge is -2.43. The zero-order valence-corrected chi connectivity index (χ0v) is 16.0. The molecule has 0 aliphatic carbocycles. The molecule has 1 aromatic carbocycles. The van der Waals surface area contributed by atoms with Crippen LogP contribution in [-0.2, 0) is 35.1 Å². The Morgan fingerprint density at radius 1 is 1.11 bits per heavy atom. The Balaban J connectivity index is 2.13. The van der Waals surface area contributed by atoms with Gasteiger partial charge in [0, 0.05) is 13.0 Å². The van der Waals surface area contributed by atoms with Crippen LogP contribution in [0.15, 0.2) is 30.3 Å². The minimum Gasteiger partial charge on any atom is -0.370 e. The third-order valence-corrected chi connectivity index (χ3v) is 5.65. The molecule has 10 heteroatoms. The third-order valence-electron chi connectivity index (χ3n) is 4.64. The highest BCUT2D eigenvalue weighted by atomic mass is 32.2. The van der Waals surface area contributed by atoms with Crippen molar-refractivity contribution in [2.24, 2.45) is 11.8 Å². The Hall–Kier alpha value is -1.20. The Labute approximate surface area is 156 Å². The zero-order valence-electron chi connectivity index (χ0n) is 15.2. The molecule has 154 valence electrons. The molecular formula is C17H23F3O6S. The number of halogens is 3. The van der Waals surface area contributed by atoms with Crippen molar-refractivity contribution in [2.45, 2.75) is 44.5 Å². The van der Waals surface area contributed by atoms with E-state index in [1.165, 1.54) is 7.11 Å². The maximum absolute atomic E-state index is 12.5. The smallest absolute Gasteiger partial charge is 0.370 e. The second kappa shape index (κ2) is 8.87. The second-order valence-corrected chi connectivity index (χ2v) is 8.05. The van der Waals surface area contributed by atoms with Crippen LogP contribution >= 0.6 is 0 Å². The van der Waals surface area contributed by atoms with E-state index < -0.39 is 40.7 Å². The molecule has 0 amide bonds. The Kier molecular flexibility index (Phi) is 7.26. The van der Waals surface area contributed by atoms with Crippen LogP contribution < -0.4 is 0 Å². The Bertz CT molecular complexity index is 694. The molecule has 1 aliphatic rings. The van der Waals surface area contributed by atoms with Crippen LogP contribution in [-0.4, -0.2) is 46.1 Å². The van der Waals surface area contributed by atoms with Crippen LogP contribution in [0, 0.1) is 11.8 Å². The molecule has 0 aromatic heterocycles. The summed E-state index contributed by atoms with van der Waals surface area (Å²) in [5, 5.41) is 0. The summed E-state index contributed by atoms with van der Waals surface area (Å²) in [5.74, 6) is -0.291. The molecule has 1 aromatic rings. The standard InChI is InChI=1S/C17H23F3O6S/c1-11-12(2)16(23-3)26-14(10-25-27(21,22)17(18,19)20)15(11)24-9-13-7-5-4-6-8-13/h4-8,11-12,14-16H,9-10H2,1-3H3/t11-,12+,14-,15+,16+/m1/s1. The van der Waals surface area contributed by atoms with E-state index in [0.717, 1.165) is 5.56 Å². The van der Waals surface area contributed by atoms with E-state index in [1.54, 1.807) is 0 Å². The van der Waals surface area contributed by atoms with Crippen molar-refractivity contribution in [2.75, 3.05) is 13.7 Å². The molecule has 1 saturated heterocycles. The monoisotopic (exact) mass is 412 g/mol. The topological polar surface area (TPSA) is 71.1 Å². The Morgan fingerprint density at radius 2 is 1.74 bits per heavy atom. The fourth-order valence-electron chi connectivity index (χ4n) is 2.91. The maximum atomic E-state index is 12.5. The van der Waals surface area contributed by atoms with E-state index in [0.29, 0.717) is 0 Å². The summed E-state index contributed by atoms with van der Waals surface area (Å²) in [6, 6.07) is 9.20. The second-order valence-electron chi connectivity index (χ2n) is 6.44. The van der Waals surface area contributed by atoms with Gasteiger partial charge in [0.25, 0.3) is 0 Å². The summed E-state index contributed by atoms with van der Waals surface area (Å²) in [6.07, 6.45) is -2.42. The fourth-order valence-corrected chi connectivity index (χ4v) is 3.36. The van der Waals surface area contributed by atoms with Crippen LogP contribution in [0.25, 0.3) is 0 Å². The molecule has 1 heterocycles. The van der Waals surface area contributed by atoms with E-state index >= 15 is 0 Å². The van der Waals surface area contributed by atoms with Crippen LogP contribution in [0.2, 0.25) is 0 Å². The SMILES string of the molecule is CO[C@H]1O[C@H](COS(=O)(=O)C(F)(F)F)[C@@H](OCc2ccccc2)[C@H](C)[C@@H]1C. The number of rotatable bonds is 7. The molecule has 0 radical (unpaired) electrons. The third kappa shape index (κ3) is 5.41. The molecule has 0 N–H and O–H groups in total. The van der Waals surface area contributed by atoms with Gasteiger partial charge in [-0.05, 0) is 11.5 Å². The van der Waals surface area contributed by atoms with Gasteiger partial charge in [0.1, 0.15) is 6.10 Å². The maximum Gasteiger partial charge on any atom is 0.523 e. The van der Waals surface area contributed by atoms with Crippen molar-refractivity contribution in [1.29, 1.82) is 0 Å². The summed E-state index contributed by atoms with van der Waals surface area (Å²) >= 11 is 0. The van der Waals surface area contributed by atoms with Gasteiger partial charge in [-0.2, -0.15) is 21.6 Å². The van der Waals surface area contributed by atoms with Crippen LogP contribution in [0.1, 0.15) is 19.4 Å². The van der Waals surface area contributed by atoms with Crippen molar-refractivity contribution >= 4 is 10.1 Å². The number of ether oxygens (including phenoxy) is 3. The molecule has 6 nitrogen and oxygen atoms in total. The summed E-state index contributed by atoms with van der Waals surface area (Å²) in [4.78, 5) is 0. The Morgan fingerprint density at radius 3 is 2.30 bits per heavy atom. The van der Waals surface area contributed by atoms with Crippen molar-refractivity contribution in [3.63, 3.8) is 0 Å². The number of benzene rings is 1. The molecule has 0 spiro atoms. The highest BCUT2D eigenvalue weighted by molar-refractivity contribution is 7.87. The van der Waals surface area contributed by atoms with E-state index in [2.05, 4.69) is 4.18 Å². The van der Waals surface area contributed by atoms with Gasteiger partial charge in [0.2, 0.25) is 0 Å². The minimum absolute atomic E-state index is 0.119. The number of hydrogen-bond acceptors (Lipinski definition) is 6. The van der Waals surface area contributed by atoms with Gasteiger partial charge >= 0.3 is 15.6 Å². The van der Waals surface area contributed by atoms with Gasteiger partial charge in [-0.1, -0.05) is 44.2 Å². The van der Waals surface area contributed by atoms with Crippen LogP contribution in [0.5, 0.6) is 0 Å². The highest BCUT2D eigenvalue weighted by Gasteiger charge is 2.49. The predicted octanol–water partition coefficient (Wildman–Crippen LogP) is 3.08. The van der Waals surface area contributed by atoms with Gasteiger partial charge in [-0.3, -0.25) is 4.18 Å². The van der Waals surface area contributed by atoms with Crippen molar-refractivity contribution < 1.29 is 40.0 Å². The van der Waals surface area contributed by atoms with Crippen molar-refractivity contribution in [3.05, 3.63) is 35.9 Å². The summed E-state index contributed by atoms with van der Waals surface area (Å²) in [6.45, 7) is 3.09. The first-order valence-corrected chi connectivity index (χ1v) is 9.77. The quantitative estimate of drug-likeness (QED) is 0.506. The average Bonchev–Trinajstić information content (AvgIpc) is 2.61. The highest BCUT2D eigenvalue weighted by Crippen LogP contribution is 2.34. The van der Waals surface area contributed by atoms with Crippen LogP contribution in [0.3, 0.4) is 0 Å². The molecule has 1 aliphatic heterocycles. The molecule has 0 bridgehead atoms. The van der Waals surface area contributed by atoms with Gasteiger partial charge in [0.05, 0.1) is 19.3 Å². The first kappa shape index (κ1) is 22.1. The predicted molar refractivity (Wildman–Crippen MR) is 89.9 cm³/mol. The van der Waals surface area contributed by atoms with Crippen molar-refractivity contribution in [1.82, 2.24) is 0 Å². The normalized spacial score (nSPS) is 29.6. The summed E-state index contributed by atoms with van der Waals surface area (Å²) < 4.78 is 80.9. The summed E-state index contributed by atoms with van der Waals surface area (Å²) in [7, 11) is -4.31. The van der Waals surface area contributed by atoms with Crippen LogP contribution in [0.4, 0.5) is 13.2 Å². The lowest BCUT2D eigenvalue weighted by molar-refractivity contribution is -0.268. The lowest BCUT2D eigenvalue weighted by Crippen LogP contribution is -2.53. The zero-order chi connectivity index (χ0) is 20.2. The molecule has 0 unspecified atom stereocenters. The van der Waals surface area contributed by atoms with Gasteiger partial charge in [0.15, 0.2) is 6.29 Å². The largest absolute Gasteiger partial charge is 0.523 e. The molecule has 5 atom stereocenters.